The van der Waals surface area contributed by atoms with Crippen LogP contribution in [0.5, 0.6) is 0 Å². The quantitative estimate of drug-likeness (QED) is 0.378. The van der Waals surface area contributed by atoms with Gasteiger partial charge in [-0.1, -0.05) is 0 Å². The molecule has 0 aliphatic heterocycles. The minimum absolute atomic E-state index is 0.0316. The highest BCUT2D eigenvalue weighted by Crippen LogP contribution is 2.41. The van der Waals surface area contributed by atoms with Gasteiger partial charge in [0, 0.05) is 25.5 Å². The summed E-state index contributed by atoms with van der Waals surface area (Å²) in [5.41, 5.74) is -2.76. The third-order valence-electron chi connectivity index (χ3n) is 5.86. The molecule has 3 rings (SSSR count). The summed E-state index contributed by atoms with van der Waals surface area (Å²) in [6.07, 6.45) is -2.55. The fourth-order valence-electron chi connectivity index (χ4n) is 3.79. The smallest absolute Gasteiger partial charge is 0.355 e. The van der Waals surface area contributed by atoms with Gasteiger partial charge in [0.2, 0.25) is 0 Å². The summed E-state index contributed by atoms with van der Waals surface area (Å²) in [6.45, 7) is 0. The van der Waals surface area contributed by atoms with Crippen molar-refractivity contribution in [3.05, 3.63) is 58.9 Å². The van der Waals surface area contributed by atoms with Crippen LogP contribution in [0.3, 0.4) is 0 Å². The number of hydrogen-bond donors (Lipinski definition) is 1. The molecule has 1 aliphatic carbocycles. The Morgan fingerprint density at radius 3 is 2.32 bits per heavy atom. The van der Waals surface area contributed by atoms with Gasteiger partial charge in [-0.05, 0) is 67.9 Å². The molecule has 0 saturated heterocycles. The van der Waals surface area contributed by atoms with Crippen LogP contribution in [-0.2, 0) is 11.0 Å². The Hall–Kier alpha value is -3.52. The van der Waals surface area contributed by atoms with Crippen LogP contribution >= 0.6 is 12.2 Å². The maximum atomic E-state index is 14.7. The molecule has 0 heterocycles. The summed E-state index contributed by atoms with van der Waals surface area (Å²) in [5, 5.41) is 11.3. The van der Waals surface area contributed by atoms with Crippen LogP contribution in [0.1, 0.15) is 40.7 Å². The monoisotopic (exact) mass is 492 g/mol. The number of carbonyl (C=O) groups excluding carboxylic acids is 2. The van der Waals surface area contributed by atoms with E-state index in [-0.39, 0.29) is 22.1 Å². The van der Waals surface area contributed by atoms with Crippen molar-refractivity contribution in [3.8, 4) is 6.07 Å². The number of aldehydes is 1. The van der Waals surface area contributed by atoms with Crippen molar-refractivity contribution >= 4 is 40.9 Å². The molecule has 0 unspecified atom stereocenters. The van der Waals surface area contributed by atoms with E-state index in [4.69, 9.17) is 17.5 Å². The Kier molecular flexibility index (Phi) is 6.93. The molecule has 34 heavy (non-hydrogen) atoms. The first kappa shape index (κ1) is 25.1. The summed E-state index contributed by atoms with van der Waals surface area (Å²) in [4.78, 5) is 26.6. The normalized spacial score (nSPS) is 14.4. The molecule has 0 aromatic heterocycles. The number of amides is 1. The lowest BCUT2D eigenvalue weighted by Crippen LogP contribution is -2.60. The molecule has 6 nitrogen and oxygen atoms in total. The Labute approximate surface area is 198 Å². The van der Waals surface area contributed by atoms with Gasteiger partial charge >= 0.3 is 6.18 Å². The fourth-order valence-corrected chi connectivity index (χ4v) is 4.18. The van der Waals surface area contributed by atoms with Crippen LogP contribution in [0.25, 0.3) is 0 Å². The van der Waals surface area contributed by atoms with Crippen molar-refractivity contribution in [1.82, 2.24) is 5.32 Å². The van der Waals surface area contributed by atoms with Crippen molar-refractivity contribution in [2.75, 3.05) is 23.9 Å². The lowest BCUT2D eigenvalue weighted by molar-refractivity contribution is -0.137. The zero-order valence-electron chi connectivity index (χ0n) is 18.2. The van der Waals surface area contributed by atoms with E-state index in [2.05, 4.69) is 5.32 Å². The highest BCUT2D eigenvalue weighted by atomic mass is 32.1. The number of hydrogen-bond acceptors (Lipinski definition) is 4. The Balaban J connectivity index is 2.08. The molecule has 178 valence electrons. The average molecular weight is 492 g/mol. The first-order valence-corrected chi connectivity index (χ1v) is 10.6. The van der Waals surface area contributed by atoms with Gasteiger partial charge in [-0.3, -0.25) is 4.79 Å². The van der Waals surface area contributed by atoms with Crippen LogP contribution < -0.4 is 15.1 Å². The Bertz CT molecular complexity index is 1190. The van der Waals surface area contributed by atoms with Gasteiger partial charge in [-0.15, -0.1) is 0 Å². The molecule has 11 heteroatoms. The predicted molar refractivity (Wildman–Crippen MR) is 122 cm³/mol. The van der Waals surface area contributed by atoms with Crippen molar-refractivity contribution in [2.24, 2.45) is 0 Å². The standard InChI is InChI=1S/C23H20F4N4O2S/c1-29-20(33)17-7-6-16(11-19(17)24)31(22(13-32)8-3-9-22)21(34)30(2)15-5-4-14(12-28)18(10-15)23(25,26)27/h4-7,10-11,13H,3,8-9H2,1-2H3,(H,29,33). The largest absolute Gasteiger partial charge is 0.417 e. The van der Waals surface area contributed by atoms with E-state index in [9.17, 15) is 27.2 Å². The minimum Gasteiger partial charge on any atom is -0.355 e. The second kappa shape index (κ2) is 9.38. The van der Waals surface area contributed by atoms with Gasteiger partial charge in [0.15, 0.2) is 5.11 Å². The number of nitriles is 1. The van der Waals surface area contributed by atoms with Gasteiger partial charge in [0.25, 0.3) is 5.91 Å². The summed E-state index contributed by atoms with van der Waals surface area (Å²) in [7, 11) is 2.78. The van der Waals surface area contributed by atoms with Gasteiger partial charge in [0.1, 0.15) is 17.6 Å². The Morgan fingerprint density at radius 1 is 1.21 bits per heavy atom. The third kappa shape index (κ3) is 4.46. The predicted octanol–water partition coefficient (Wildman–Crippen LogP) is 4.43. The Morgan fingerprint density at radius 2 is 1.85 bits per heavy atom. The number of anilines is 2. The van der Waals surface area contributed by atoms with Crippen molar-refractivity contribution in [3.63, 3.8) is 0 Å². The average Bonchev–Trinajstić information content (AvgIpc) is 2.78. The van der Waals surface area contributed by atoms with Gasteiger partial charge < -0.3 is 19.9 Å². The van der Waals surface area contributed by atoms with Gasteiger partial charge in [-0.25, -0.2) is 4.39 Å². The number of benzene rings is 2. The molecular formula is C23H20F4N4O2S. The van der Waals surface area contributed by atoms with Crippen LogP contribution in [0.4, 0.5) is 28.9 Å². The maximum absolute atomic E-state index is 14.7. The molecule has 0 spiro atoms. The number of halogens is 4. The second-order valence-corrected chi connectivity index (χ2v) is 8.20. The van der Waals surface area contributed by atoms with Crippen LogP contribution in [-0.4, -0.2) is 36.9 Å². The van der Waals surface area contributed by atoms with Crippen molar-refractivity contribution < 1.29 is 27.2 Å². The van der Waals surface area contributed by atoms with E-state index >= 15 is 0 Å². The van der Waals surface area contributed by atoms with Crippen LogP contribution in [0.15, 0.2) is 36.4 Å². The zero-order chi connectivity index (χ0) is 25.3. The molecule has 0 atom stereocenters. The molecule has 1 saturated carbocycles. The number of thiocarbonyl (C=S) groups is 1. The molecule has 1 amide bonds. The summed E-state index contributed by atoms with van der Waals surface area (Å²) in [6, 6.07) is 8.41. The molecule has 1 N–H and O–H groups in total. The molecule has 2 aromatic rings. The molecule has 1 aliphatic rings. The molecule has 0 radical (unpaired) electrons. The van der Waals surface area contributed by atoms with Crippen LogP contribution in [0.2, 0.25) is 0 Å². The highest BCUT2D eigenvalue weighted by Gasteiger charge is 2.46. The highest BCUT2D eigenvalue weighted by molar-refractivity contribution is 7.80. The van der Waals surface area contributed by atoms with Gasteiger partial charge in [-0.2, -0.15) is 18.4 Å². The van der Waals surface area contributed by atoms with E-state index in [0.29, 0.717) is 25.5 Å². The second-order valence-electron chi connectivity index (χ2n) is 7.83. The third-order valence-corrected chi connectivity index (χ3v) is 6.32. The van der Waals surface area contributed by atoms with Crippen LogP contribution in [0, 0.1) is 17.1 Å². The van der Waals surface area contributed by atoms with E-state index in [1.165, 1.54) is 48.2 Å². The first-order chi connectivity index (χ1) is 16.0. The molecule has 0 bridgehead atoms. The molecule has 1 fully saturated rings. The summed E-state index contributed by atoms with van der Waals surface area (Å²) >= 11 is 5.57. The SMILES string of the molecule is CNC(=O)c1ccc(N(C(=S)N(C)c2ccc(C#N)c(C(F)(F)F)c2)C2(C=O)CCC2)cc1F. The number of carbonyl (C=O) groups is 2. The topological polar surface area (TPSA) is 76.4 Å². The lowest BCUT2D eigenvalue weighted by atomic mass is 9.76. The van der Waals surface area contributed by atoms with E-state index in [1.54, 1.807) is 0 Å². The number of rotatable bonds is 5. The minimum atomic E-state index is -4.76. The van der Waals surface area contributed by atoms with E-state index in [1.807, 2.05) is 0 Å². The summed E-state index contributed by atoms with van der Waals surface area (Å²) in [5.74, 6) is -1.48. The van der Waals surface area contributed by atoms with Gasteiger partial charge in [0.05, 0.1) is 22.8 Å². The first-order valence-electron chi connectivity index (χ1n) is 10.2. The maximum Gasteiger partial charge on any atom is 0.417 e. The van der Waals surface area contributed by atoms with Crippen molar-refractivity contribution in [1.29, 1.82) is 5.26 Å². The van der Waals surface area contributed by atoms with E-state index in [0.717, 1.165) is 18.2 Å². The molecular weight excluding hydrogens is 472 g/mol. The number of nitrogens with zero attached hydrogens (tertiary/aromatic N) is 3. The number of nitrogens with one attached hydrogen (secondary N) is 1. The van der Waals surface area contributed by atoms with E-state index < -0.39 is 34.6 Å². The molecule has 2 aromatic carbocycles. The fraction of sp³-hybridized carbons (Fsp3) is 0.304. The summed E-state index contributed by atoms with van der Waals surface area (Å²) < 4.78 is 55.1. The van der Waals surface area contributed by atoms with Crippen molar-refractivity contribution in [2.45, 2.75) is 31.0 Å². The number of alkyl halides is 3. The lowest BCUT2D eigenvalue weighted by Gasteiger charge is -2.49. The zero-order valence-corrected chi connectivity index (χ0v) is 19.1.